The third-order valence-electron chi connectivity index (χ3n) is 2.21. The fourth-order valence-electron chi connectivity index (χ4n) is 1.25. The van der Waals surface area contributed by atoms with Crippen LogP contribution in [0.2, 0.25) is 0 Å². The molecule has 0 aromatic rings. The molecule has 2 nitrogen and oxygen atoms in total. The molecule has 2 heteroatoms. The normalized spacial score (nSPS) is 13.8. The molecule has 0 bridgehead atoms. The molecule has 0 aliphatic carbocycles. The van der Waals surface area contributed by atoms with E-state index in [1.54, 1.807) is 0 Å². The van der Waals surface area contributed by atoms with Crippen LogP contribution in [-0.4, -0.2) is 31.1 Å². The lowest BCUT2D eigenvalue weighted by atomic mass is 10.2. The van der Waals surface area contributed by atoms with Gasteiger partial charge in [-0.15, -0.1) is 0 Å². The zero-order chi connectivity index (χ0) is 9.40. The Morgan fingerprint density at radius 1 is 1.25 bits per heavy atom. The fraction of sp³-hybridized carbons (Fsp3) is 1.00. The molecule has 0 heterocycles. The molecule has 12 heavy (non-hydrogen) atoms. The molecule has 2 N–H and O–H groups in total. The van der Waals surface area contributed by atoms with Crippen molar-refractivity contribution in [2.75, 3.05) is 20.1 Å². The number of nitrogens with two attached hydrogens (primary N) is 1. The van der Waals surface area contributed by atoms with Gasteiger partial charge in [0.1, 0.15) is 0 Å². The molecule has 0 saturated carbocycles. The summed E-state index contributed by atoms with van der Waals surface area (Å²) in [6, 6.07) is 0.358. The molecule has 0 rings (SSSR count). The van der Waals surface area contributed by atoms with Gasteiger partial charge in [-0.3, -0.25) is 0 Å². The number of rotatable bonds is 7. The molecule has 0 aromatic heterocycles. The van der Waals surface area contributed by atoms with Crippen LogP contribution in [0.4, 0.5) is 0 Å². The van der Waals surface area contributed by atoms with Gasteiger partial charge in [0.25, 0.3) is 0 Å². The van der Waals surface area contributed by atoms with Crippen molar-refractivity contribution in [3.05, 3.63) is 0 Å². The lowest BCUT2D eigenvalue weighted by molar-refractivity contribution is 0.301. The van der Waals surface area contributed by atoms with E-state index in [0.717, 1.165) is 13.0 Å². The van der Waals surface area contributed by atoms with E-state index in [1.807, 2.05) is 0 Å². The van der Waals surface area contributed by atoms with Gasteiger partial charge in [-0.2, -0.15) is 0 Å². The van der Waals surface area contributed by atoms with E-state index < -0.39 is 0 Å². The first-order valence-corrected chi connectivity index (χ1v) is 5.14. The summed E-state index contributed by atoms with van der Waals surface area (Å²) in [7, 11) is 2.16. The molecular weight excluding hydrogens is 148 g/mol. The number of hydrogen-bond acceptors (Lipinski definition) is 2. The van der Waals surface area contributed by atoms with E-state index in [-0.39, 0.29) is 0 Å². The topological polar surface area (TPSA) is 29.3 Å². The molecule has 0 amide bonds. The molecule has 0 aliphatic heterocycles. The highest BCUT2D eigenvalue weighted by Crippen LogP contribution is 1.97. The average Bonchev–Trinajstić information content (AvgIpc) is 2.05. The van der Waals surface area contributed by atoms with Gasteiger partial charge in [-0.05, 0) is 26.4 Å². The van der Waals surface area contributed by atoms with Gasteiger partial charge in [0.15, 0.2) is 0 Å². The average molecular weight is 172 g/mol. The molecule has 74 valence electrons. The highest BCUT2D eigenvalue weighted by molar-refractivity contribution is 4.63. The van der Waals surface area contributed by atoms with Crippen molar-refractivity contribution in [1.29, 1.82) is 0 Å². The van der Waals surface area contributed by atoms with Crippen molar-refractivity contribution in [1.82, 2.24) is 4.90 Å². The minimum Gasteiger partial charge on any atom is -0.327 e. The minimum atomic E-state index is 0.358. The number of unbranched alkanes of at least 4 members (excludes halogenated alkanes) is 2. The van der Waals surface area contributed by atoms with Crippen LogP contribution in [0.5, 0.6) is 0 Å². The third kappa shape index (κ3) is 6.62. The Morgan fingerprint density at radius 3 is 2.42 bits per heavy atom. The van der Waals surface area contributed by atoms with Gasteiger partial charge in [0, 0.05) is 12.6 Å². The monoisotopic (exact) mass is 172 g/mol. The van der Waals surface area contributed by atoms with Crippen LogP contribution in [0.3, 0.4) is 0 Å². The second kappa shape index (κ2) is 7.56. The number of likely N-dealkylation sites (N-methyl/N-ethyl adjacent to an activating group) is 1. The lowest BCUT2D eigenvalue weighted by Crippen LogP contribution is -2.35. The van der Waals surface area contributed by atoms with Gasteiger partial charge in [-0.25, -0.2) is 0 Å². The van der Waals surface area contributed by atoms with Crippen LogP contribution in [-0.2, 0) is 0 Å². The third-order valence-corrected chi connectivity index (χ3v) is 2.21. The summed E-state index contributed by atoms with van der Waals surface area (Å²) >= 11 is 0. The van der Waals surface area contributed by atoms with E-state index >= 15 is 0 Å². The maximum Gasteiger partial charge on any atom is 0.0165 e. The fourth-order valence-corrected chi connectivity index (χ4v) is 1.25. The van der Waals surface area contributed by atoms with Crippen molar-refractivity contribution in [3.8, 4) is 0 Å². The minimum absolute atomic E-state index is 0.358. The van der Waals surface area contributed by atoms with Crippen molar-refractivity contribution < 1.29 is 0 Å². The standard InChI is InChI=1S/C10H24N2/c1-4-6-7-8-12(3)9-10(11)5-2/h10H,4-9,11H2,1-3H3. The molecule has 0 aliphatic rings. The van der Waals surface area contributed by atoms with E-state index in [9.17, 15) is 0 Å². The van der Waals surface area contributed by atoms with Crippen molar-refractivity contribution in [2.24, 2.45) is 5.73 Å². The summed E-state index contributed by atoms with van der Waals surface area (Å²) in [6.07, 6.45) is 5.03. The highest BCUT2D eigenvalue weighted by Gasteiger charge is 2.03. The van der Waals surface area contributed by atoms with E-state index in [0.29, 0.717) is 6.04 Å². The Kier molecular flexibility index (Phi) is 7.51. The van der Waals surface area contributed by atoms with Crippen molar-refractivity contribution >= 4 is 0 Å². The van der Waals surface area contributed by atoms with Gasteiger partial charge >= 0.3 is 0 Å². The summed E-state index contributed by atoms with van der Waals surface area (Å²) in [4.78, 5) is 2.34. The van der Waals surface area contributed by atoms with Gasteiger partial charge in [0.05, 0.1) is 0 Å². The van der Waals surface area contributed by atoms with Gasteiger partial charge in [-0.1, -0.05) is 26.7 Å². The van der Waals surface area contributed by atoms with Crippen LogP contribution >= 0.6 is 0 Å². The summed E-state index contributed by atoms with van der Waals surface area (Å²) < 4.78 is 0. The zero-order valence-electron chi connectivity index (χ0n) is 8.84. The zero-order valence-corrected chi connectivity index (χ0v) is 8.84. The second-order valence-electron chi connectivity index (χ2n) is 3.64. The highest BCUT2D eigenvalue weighted by atomic mass is 15.1. The molecular formula is C10H24N2. The first-order chi connectivity index (χ1) is 5.70. The predicted octanol–water partition coefficient (Wildman–Crippen LogP) is 1.85. The first-order valence-electron chi connectivity index (χ1n) is 5.14. The van der Waals surface area contributed by atoms with Gasteiger partial charge < -0.3 is 10.6 Å². The summed E-state index contributed by atoms with van der Waals surface area (Å²) in [5.74, 6) is 0. The Morgan fingerprint density at radius 2 is 1.92 bits per heavy atom. The smallest absolute Gasteiger partial charge is 0.0165 e. The molecule has 1 unspecified atom stereocenters. The predicted molar refractivity (Wildman–Crippen MR) is 55.3 cm³/mol. The molecule has 0 radical (unpaired) electrons. The van der Waals surface area contributed by atoms with E-state index in [4.69, 9.17) is 5.73 Å². The SMILES string of the molecule is CCCCCN(C)CC(N)CC. The Balaban J connectivity index is 3.26. The molecule has 0 spiro atoms. The molecule has 1 atom stereocenters. The number of nitrogens with zero attached hydrogens (tertiary/aromatic N) is 1. The van der Waals surface area contributed by atoms with Crippen LogP contribution in [0.25, 0.3) is 0 Å². The lowest BCUT2D eigenvalue weighted by Gasteiger charge is -2.19. The second-order valence-corrected chi connectivity index (χ2v) is 3.64. The maximum atomic E-state index is 5.84. The van der Waals surface area contributed by atoms with Crippen LogP contribution in [0.1, 0.15) is 39.5 Å². The quantitative estimate of drug-likeness (QED) is 0.594. The summed E-state index contributed by atoms with van der Waals surface area (Å²) in [5, 5.41) is 0. The molecule has 0 aromatic carbocycles. The Labute approximate surface area is 77.1 Å². The van der Waals surface area contributed by atoms with Gasteiger partial charge in [0.2, 0.25) is 0 Å². The Hall–Kier alpha value is -0.0800. The first kappa shape index (κ1) is 11.9. The Bertz CT molecular complexity index is 93.8. The molecule has 0 fully saturated rings. The van der Waals surface area contributed by atoms with Crippen LogP contribution < -0.4 is 5.73 Å². The van der Waals surface area contributed by atoms with E-state index in [1.165, 1.54) is 25.8 Å². The van der Waals surface area contributed by atoms with Crippen molar-refractivity contribution in [3.63, 3.8) is 0 Å². The van der Waals surface area contributed by atoms with E-state index in [2.05, 4.69) is 25.8 Å². The maximum absolute atomic E-state index is 5.84. The van der Waals surface area contributed by atoms with Crippen LogP contribution in [0.15, 0.2) is 0 Å². The van der Waals surface area contributed by atoms with Crippen LogP contribution in [0, 0.1) is 0 Å². The summed E-state index contributed by atoms with van der Waals surface area (Å²) in [6.45, 7) is 6.62. The van der Waals surface area contributed by atoms with Crippen molar-refractivity contribution in [2.45, 2.75) is 45.6 Å². The largest absolute Gasteiger partial charge is 0.327 e. The molecule has 0 saturated heterocycles. The number of hydrogen-bond donors (Lipinski definition) is 1. The summed E-state index contributed by atoms with van der Waals surface area (Å²) in [5.41, 5.74) is 5.84.